The molecule has 1 aromatic carbocycles. The van der Waals surface area contributed by atoms with Gasteiger partial charge in [-0.15, -0.1) is 10.2 Å². The minimum atomic E-state index is 0.278. The van der Waals surface area contributed by atoms with Crippen LogP contribution in [-0.4, -0.2) is 10.2 Å². The molecule has 0 radical (unpaired) electrons. The number of nitrogens with zero attached hydrogens (tertiary/aromatic N) is 2. The Morgan fingerprint density at radius 3 is 2.82 bits per heavy atom. The lowest BCUT2D eigenvalue weighted by atomic mass is 10.3. The molecule has 0 aliphatic carbocycles. The van der Waals surface area contributed by atoms with Crippen molar-refractivity contribution in [1.82, 2.24) is 10.2 Å². The average molecular weight is 291 g/mol. The van der Waals surface area contributed by atoms with E-state index in [1.807, 2.05) is 0 Å². The molecule has 0 amide bonds. The molecule has 0 aliphatic heterocycles. The van der Waals surface area contributed by atoms with Gasteiger partial charge in [-0.25, -0.2) is 5.84 Å². The van der Waals surface area contributed by atoms with Gasteiger partial charge in [0.2, 0.25) is 5.13 Å². The van der Waals surface area contributed by atoms with Crippen LogP contribution in [0.1, 0.15) is 5.01 Å². The number of hydrogen-bond acceptors (Lipinski definition) is 6. The Morgan fingerprint density at radius 1 is 1.35 bits per heavy atom. The van der Waals surface area contributed by atoms with Crippen LogP contribution in [0.5, 0.6) is 5.75 Å². The summed E-state index contributed by atoms with van der Waals surface area (Å²) in [4.78, 5) is 0. The molecule has 90 valence electrons. The van der Waals surface area contributed by atoms with Gasteiger partial charge < -0.3 is 4.74 Å². The van der Waals surface area contributed by atoms with Crippen molar-refractivity contribution in [3.63, 3.8) is 0 Å². The number of rotatable bonds is 4. The van der Waals surface area contributed by atoms with Crippen molar-refractivity contribution < 1.29 is 4.74 Å². The van der Waals surface area contributed by atoms with Gasteiger partial charge in [-0.3, -0.25) is 5.43 Å². The van der Waals surface area contributed by atoms with E-state index in [2.05, 4.69) is 15.6 Å². The normalized spacial score (nSPS) is 10.3. The van der Waals surface area contributed by atoms with Crippen molar-refractivity contribution in [3.05, 3.63) is 33.3 Å². The van der Waals surface area contributed by atoms with Crippen LogP contribution in [0.4, 0.5) is 5.13 Å². The summed E-state index contributed by atoms with van der Waals surface area (Å²) < 4.78 is 5.48. The zero-order valence-electron chi connectivity index (χ0n) is 8.48. The van der Waals surface area contributed by atoms with E-state index in [1.54, 1.807) is 18.2 Å². The highest BCUT2D eigenvalue weighted by atomic mass is 35.5. The summed E-state index contributed by atoms with van der Waals surface area (Å²) >= 11 is 13.0. The van der Waals surface area contributed by atoms with E-state index < -0.39 is 0 Å². The van der Waals surface area contributed by atoms with E-state index in [-0.39, 0.29) is 6.61 Å². The number of ether oxygens (including phenoxy) is 1. The fraction of sp³-hybridized carbons (Fsp3) is 0.111. The van der Waals surface area contributed by atoms with Crippen molar-refractivity contribution in [3.8, 4) is 5.75 Å². The number of hydrazine groups is 1. The molecule has 8 heteroatoms. The molecule has 2 aromatic rings. The van der Waals surface area contributed by atoms with Gasteiger partial charge in [0, 0.05) is 5.02 Å². The molecule has 3 N–H and O–H groups in total. The Morgan fingerprint density at radius 2 is 2.18 bits per heavy atom. The Labute approximate surface area is 111 Å². The van der Waals surface area contributed by atoms with E-state index in [1.165, 1.54) is 11.3 Å². The van der Waals surface area contributed by atoms with Crippen LogP contribution in [0.25, 0.3) is 0 Å². The second kappa shape index (κ2) is 5.50. The topological polar surface area (TPSA) is 73.1 Å². The molecule has 2 rings (SSSR count). The lowest BCUT2D eigenvalue weighted by molar-refractivity contribution is 0.305. The Balaban J connectivity index is 2.02. The molecule has 5 nitrogen and oxygen atoms in total. The van der Waals surface area contributed by atoms with Crippen LogP contribution in [0.15, 0.2) is 18.2 Å². The molecular formula is C9H8Cl2N4OS. The van der Waals surface area contributed by atoms with Crippen LogP contribution in [0.3, 0.4) is 0 Å². The fourth-order valence-corrected chi connectivity index (χ4v) is 2.13. The van der Waals surface area contributed by atoms with Crippen molar-refractivity contribution >= 4 is 39.7 Å². The number of nitrogen functional groups attached to an aromatic ring is 1. The standard InChI is InChI=1S/C9H8Cl2N4OS/c10-5-1-2-7(6(11)3-5)16-4-8-14-15-9(13-12)17-8/h1-3H,4,12H2,(H,13,15). The van der Waals surface area contributed by atoms with Crippen LogP contribution >= 0.6 is 34.5 Å². The van der Waals surface area contributed by atoms with Crippen LogP contribution in [-0.2, 0) is 6.61 Å². The molecule has 0 aliphatic rings. The minimum Gasteiger partial charge on any atom is -0.485 e. The highest BCUT2D eigenvalue weighted by molar-refractivity contribution is 7.15. The third-order valence-corrected chi connectivity index (χ3v) is 3.19. The van der Waals surface area contributed by atoms with Crippen molar-refractivity contribution in [2.45, 2.75) is 6.61 Å². The van der Waals surface area contributed by atoms with E-state index in [0.717, 1.165) is 0 Å². The monoisotopic (exact) mass is 290 g/mol. The molecule has 0 saturated heterocycles. The summed E-state index contributed by atoms with van der Waals surface area (Å²) in [6, 6.07) is 5.02. The first kappa shape index (κ1) is 12.4. The smallest absolute Gasteiger partial charge is 0.219 e. The second-order valence-electron chi connectivity index (χ2n) is 3.01. The van der Waals surface area contributed by atoms with Gasteiger partial charge in [-0.05, 0) is 18.2 Å². The van der Waals surface area contributed by atoms with Crippen LogP contribution < -0.4 is 16.0 Å². The predicted molar refractivity (Wildman–Crippen MR) is 68.5 cm³/mol. The number of nitrogens with one attached hydrogen (secondary N) is 1. The maximum atomic E-state index is 5.95. The Hall–Kier alpha value is -1.08. The lowest BCUT2D eigenvalue weighted by Gasteiger charge is -2.05. The zero-order chi connectivity index (χ0) is 12.3. The first-order chi connectivity index (χ1) is 8.19. The highest BCUT2D eigenvalue weighted by Gasteiger charge is 2.06. The summed E-state index contributed by atoms with van der Waals surface area (Å²) in [7, 11) is 0. The van der Waals surface area contributed by atoms with Crippen LogP contribution in [0, 0.1) is 0 Å². The summed E-state index contributed by atoms with van der Waals surface area (Å²) in [5.74, 6) is 5.74. The van der Waals surface area contributed by atoms with Gasteiger partial charge in [-0.1, -0.05) is 34.5 Å². The first-order valence-corrected chi connectivity index (χ1v) is 6.13. The molecule has 0 unspecified atom stereocenters. The van der Waals surface area contributed by atoms with Crippen molar-refractivity contribution in [1.29, 1.82) is 0 Å². The van der Waals surface area contributed by atoms with E-state index >= 15 is 0 Å². The molecule has 17 heavy (non-hydrogen) atoms. The van der Waals surface area contributed by atoms with Gasteiger partial charge >= 0.3 is 0 Å². The number of benzene rings is 1. The molecule has 0 spiro atoms. The maximum absolute atomic E-state index is 5.95. The van der Waals surface area contributed by atoms with E-state index in [0.29, 0.717) is 25.9 Å². The number of hydrogen-bond donors (Lipinski definition) is 2. The van der Waals surface area contributed by atoms with Crippen molar-refractivity contribution in [2.75, 3.05) is 5.43 Å². The number of anilines is 1. The van der Waals surface area contributed by atoms with Gasteiger partial charge in [0.15, 0.2) is 5.01 Å². The van der Waals surface area contributed by atoms with Gasteiger partial charge in [0.1, 0.15) is 12.4 Å². The molecule has 0 fully saturated rings. The Bertz CT molecular complexity index is 519. The highest BCUT2D eigenvalue weighted by Crippen LogP contribution is 2.28. The van der Waals surface area contributed by atoms with Gasteiger partial charge in [0.25, 0.3) is 0 Å². The number of halogens is 2. The summed E-state index contributed by atoms with van der Waals surface area (Å²) in [5, 5.41) is 9.91. The molecule has 1 aromatic heterocycles. The quantitative estimate of drug-likeness (QED) is 0.669. The number of aromatic nitrogens is 2. The minimum absolute atomic E-state index is 0.278. The largest absolute Gasteiger partial charge is 0.485 e. The second-order valence-corrected chi connectivity index (χ2v) is 4.91. The third kappa shape index (κ3) is 3.19. The average Bonchev–Trinajstić information content (AvgIpc) is 2.76. The molecule has 0 atom stereocenters. The van der Waals surface area contributed by atoms with E-state index in [4.69, 9.17) is 33.8 Å². The number of nitrogens with two attached hydrogens (primary N) is 1. The molecule has 1 heterocycles. The first-order valence-electron chi connectivity index (χ1n) is 4.56. The third-order valence-electron chi connectivity index (χ3n) is 1.84. The maximum Gasteiger partial charge on any atom is 0.219 e. The summed E-state index contributed by atoms with van der Waals surface area (Å²) in [6.07, 6.45) is 0. The molecule has 0 bridgehead atoms. The Kier molecular flexibility index (Phi) is 4.01. The van der Waals surface area contributed by atoms with Crippen LogP contribution in [0.2, 0.25) is 10.0 Å². The molecule has 0 saturated carbocycles. The summed E-state index contributed by atoms with van der Waals surface area (Å²) in [5.41, 5.74) is 2.41. The lowest BCUT2D eigenvalue weighted by Crippen LogP contribution is -2.05. The molecular weight excluding hydrogens is 283 g/mol. The SMILES string of the molecule is NNc1nnc(COc2ccc(Cl)cc2Cl)s1. The summed E-state index contributed by atoms with van der Waals surface area (Å²) in [6.45, 7) is 0.278. The fourth-order valence-electron chi connectivity index (χ4n) is 1.10. The van der Waals surface area contributed by atoms with E-state index in [9.17, 15) is 0 Å². The van der Waals surface area contributed by atoms with Crippen molar-refractivity contribution in [2.24, 2.45) is 5.84 Å². The van der Waals surface area contributed by atoms with Gasteiger partial charge in [0.05, 0.1) is 5.02 Å². The van der Waals surface area contributed by atoms with Gasteiger partial charge in [-0.2, -0.15) is 0 Å². The predicted octanol–water partition coefficient (Wildman–Crippen LogP) is 2.71. The zero-order valence-corrected chi connectivity index (χ0v) is 10.8.